The summed E-state index contributed by atoms with van der Waals surface area (Å²) in [6, 6.07) is 0. The first kappa shape index (κ1) is 15.2. The average Bonchev–Trinajstić information content (AvgIpc) is 2.43. The van der Waals surface area contributed by atoms with Crippen LogP contribution in [0.1, 0.15) is 26.7 Å². The van der Waals surface area contributed by atoms with Crippen molar-refractivity contribution in [1.29, 1.82) is 0 Å². The maximum Gasteiger partial charge on any atom is 0.253 e. The second-order valence-corrected chi connectivity index (χ2v) is 3.86. The molecule has 0 spiro atoms. The SMILES string of the molecule is C=CCONc1nc(NCCC)nc(NCCC)n1. The molecule has 19 heavy (non-hydrogen) atoms. The van der Waals surface area contributed by atoms with E-state index in [1.807, 2.05) is 0 Å². The zero-order chi connectivity index (χ0) is 13.9. The Morgan fingerprint density at radius 3 is 2.00 bits per heavy atom. The first-order chi connectivity index (χ1) is 9.30. The van der Waals surface area contributed by atoms with Crippen LogP contribution >= 0.6 is 0 Å². The number of hydrogen-bond donors (Lipinski definition) is 3. The Morgan fingerprint density at radius 1 is 1.00 bits per heavy atom. The molecule has 0 bridgehead atoms. The van der Waals surface area contributed by atoms with Crippen LogP contribution < -0.4 is 16.1 Å². The van der Waals surface area contributed by atoms with Crippen molar-refractivity contribution >= 4 is 17.8 Å². The molecule has 106 valence electrons. The second kappa shape index (κ2) is 9.09. The summed E-state index contributed by atoms with van der Waals surface area (Å²) >= 11 is 0. The van der Waals surface area contributed by atoms with Crippen LogP contribution in [0, 0.1) is 0 Å². The molecule has 0 amide bonds. The molecule has 1 heterocycles. The summed E-state index contributed by atoms with van der Waals surface area (Å²) in [4.78, 5) is 17.8. The Hall–Kier alpha value is -1.89. The summed E-state index contributed by atoms with van der Waals surface area (Å²) in [5.41, 5.74) is 2.67. The molecule has 0 radical (unpaired) electrons. The lowest BCUT2D eigenvalue weighted by Crippen LogP contribution is -2.13. The highest BCUT2D eigenvalue weighted by atomic mass is 16.6. The number of nitrogens with zero attached hydrogens (tertiary/aromatic N) is 3. The quantitative estimate of drug-likeness (QED) is 0.339. The fraction of sp³-hybridized carbons (Fsp3) is 0.583. The Balaban J connectivity index is 2.72. The van der Waals surface area contributed by atoms with Gasteiger partial charge in [-0.25, -0.2) is 5.48 Å². The number of nitrogens with one attached hydrogen (secondary N) is 3. The maximum absolute atomic E-state index is 5.11. The standard InChI is InChI=1S/C12H22N6O/c1-4-7-13-10-15-11(14-8-5-2)17-12(16-10)18-19-9-6-3/h6H,3-5,7-9H2,1-2H3,(H3,13,14,15,16,17,18). The molecular formula is C12H22N6O. The van der Waals surface area contributed by atoms with Gasteiger partial charge in [0.2, 0.25) is 11.9 Å². The molecule has 3 N–H and O–H groups in total. The lowest BCUT2D eigenvalue weighted by Gasteiger charge is -2.10. The molecule has 7 nitrogen and oxygen atoms in total. The topological polar surface area (TPSA) is 84.0 Å². The zero-order valence-electron chi connectivity index (χ0n) is 11.6. The molecule has 0 aromatic carbocycles. The first-order valence-corrected chi connectivity index (χ1v) is 6.52. The predicted octanol–water partition coefficient (Wildman–Crippen LogP) is 2.04. The van der Waals surface area contributed by atoms with E-state index in [1.54, 1.807) is 6.08 Å². The average molecular weight is 266 g/mol. The van der Waals surface area contributed by atoms with Crippen LogP contribution in [-0.2, 0) is 4.84 Å². The molecular weight excluding hydrogens is 244 g/mol. The van der Waals surface area contributed by atoms with Gasteiger partial charge >= 0.3 is 0 Å². The van der Waals surface area contributed by atoms with Gasteiger partial charge in [-0.1, -0.05) is 19.9 Å². The second-order valence-electron chi connectivity index (χ2n) is 3.86. The van der Waals surface area contributed by atoms with Gasteiger partial charge in [0.15, 0.2) is 0 Å². The number of aromatic nitrogens is 3. The van der Waals surface area contributed by atoms with Gasteiger partial charge in [-0.2, -0.15) is 15.0 Å². The Morgan fingerprint density at radius 2 is 1.53 bits per heavy atom. The van der Waals surface area contributed by atoms with Crippen molar-refractivity contribution in [2.75, 3.05) is 35.8 Å². The third kappa shape index (κ3) is 6.01. The third-order valence-corrected chi connectivity index (χ3v) is 2.07. The molecule has 1 aromatic heterocycles. The van der Waals surface area contributed by atoms with E-state index in [9.17, 15) is 0 Å². The number of rotatable bonds is 10. The monoisotopic (exact) mass is 266 g/mol. The smallest absolute Gasteiger partial charge is 0.253 e. The molecule has 0 saturated carbocycles. The molecule has 7 heteroatoms. The van der Waals surface area contributed by atoms with E-state index >= 15 is 0 Å². The fourth-order valence-corrected chi connectivity index (χ4v) is 1.22. The van der Waals surface area contributed by atoms with Gasteiger partial charge in [0.05, 0.1) is 6.61 Å². The Kier molecular flexibility index (Phi) is 7.26. The fourth-order valence-electron chi connectivity index (χ4n) is 1.22. The molecule has 0 atom stereocenters. The highest BCUT2D eigenvalue weighted by Gasteiger charge is 2.05. The minimum atomic E-state index is 0.369. The van der Waals surface area contributed by atoms with Crippen LogP contribution in [0.2, 0.25) is 0 Å². The lowest BCUT2D eigenvalue weighted by atomic mass is 10.5. The van der Waals surface area contributed by atoms with Crippen LogP contribution in [0.5, 0.6) is 0 Å². The molecule has 0 unspecified atom stereocenters. The summed E-state index contributed by atoms with van der Waals surface area (Å²) in [6.07, 6.45) is 3.64. The van der Waals surface area contributed by atoms with Crippen LogP contribution in [-0.4, -0.2) is 34.6 Å². The van der Waals surface area contributed by atoms with Gasteiger partial charge in [0.1, 0.15) is 0 Å². The summed E-state index contributed by atoms with van der Waals surface area (Å²) < 4.78 is 0. The van der Waals surface area contributed by atoms with Crippen LogP contribution in [0.15, 0.2) is 12.7 Å². The van der Waals surface area contributed by atoms with E-state index in [-0.39, 0.29) is 0 Å². The highest BCUT2D eigenvalue weighted by Crippen LogP contribution is 2.09. The molecule has 0 aliphatic heterocycles. The van der Waals surface area contributed by atoms with E-state index < -0.39 is 0 Å². The highest BCUT2D eigenvalue weighted by molar-refractivity contribution is 5.41. The van der Waals surface area contributed by atoms with Crippen LogP contribution in [0.3, 0.4) is 0 Å². The lowest BCUT2D eigenvalue weighted by molar-refractivity contribution is 0.225. The van der Waals surface area contributed by atoms with Gasteiger partial charge in [0, 0.05) is 13.1 Å². The summed E-state index contributed by atoms with van der Waals surface area (Å²) in [5.74, 6) is 1.43. The first-order valence-electron chi connectivity index (χ1n) is 6.52. The normalized spacial score (nSPS) is 10.0. The molecule has 1 rings (SSSR count). The van der Waals surface area contributed by atoms with Crippen molar-refractivity contribution in [3.63, 3.8) is 0 Å². The van der Waals surface area contributed by atoms with Crippen molar-refractivity contribution in [2.45, 2.75) is 26.7 Å². The zero-order valence-corrected chi connectivity index (χ0v) is 11.6. The number of hydrogen-bond acceptors (Lipinski definition) is 7. The van der Waals surface area contributed by atoms with Gasteiger partial charge < -0.3 is 10.6 Å². The predicted molar refractivity (Wildman–Crippen MR) is 77.2 cm³/mol. The molecule has 1 aromatic rings. The van der Waals surface area contributed by atoms with E-state index in [0.717, 1.165) is 25.9 Å². The van der Waals surface area contributed by atoms with E-state index in [1.165, 1.54) is 0 Å². The van der Waals surface area contributed by atoms with Crippen molar-refractivity contribution in [1.82, 2.24) is 15.0 Å². The molecule has 0 aliphatic carbocycles. The van der Waals surface area contributed by atoms with Gasteiger partial charge in [0.25, 0.3) is 5.95 Å². The maximum atomic E-state index is 5.11. The molecule has 0 saturated heterocycles. The van der Waals surface area contributed by atoms with Crippen LogP contribution in [0.25, 0.3) is 0 Å². The summed E-state index contributed by atoms with van der Waals surface area (Å²) in [6.45, 7) is 9.72. The Bertz CT molecular complexity index is 358. The van der Waals surface area contributed by atoms with Crippen molar-refractivity contribution < 1.29 is 4.84 Å². The van der Waals surface area contributed by atoms with Crippen LogP contribution in [0.4, 0.5) is 17.8 Å². The third-order valence-electron chi connectivity index (χ3n) is 2.07. The minimum absolute atomic E-state index is 0.369. The summed E-state index contributed by atoms with van der Waals surface area (Å²) in [7, 11) is 0. The molecule has 0 fully saturated rings. The van der Waals surface area contributed by atoms with E-state index in [4.69, 9.17) is 4.84 Å². The van der Waals surface area contributed by atoms with Crippen molar-refractivity contribution in [3.05, 3.63) is 12.7 Å². The van der Waals surface area contributed by atoms with E-state index in [0.29, 0.717) is 24.5 Å². The van der Waals surface area contributed by atoms with Crippen molar-refractivity contribution in [3.8, 4) is 0 Å². The van der Waals surface area contributed by atoms with Crippen molar-refractivity contribution in [2.24, 2.45) is 0 Å². The number of anilines is 3. The Labute approximate surface area is 113 Å². The van der Waals surface area contributed by atoms with Gasteiger partial charge in [-0.05, 0) is 12.8 Å². The largest absolute Gasteiger partial charge is 0.354 e. The molecule has 0 aliphatic rings. The van der Waals surface area contributed by atoms with E-state index in [2.05, 4.69) is 51.5 Å². The minimum Gasteiger partial charge on any atom is -0.354 e. The van der Waals surface area contributed by atoms with Gasteiger partial charge in [-0.3, -0.25) is 4.84 Å². The van der Waals surface area contributed by atoms with Gasteiger partial charge in [-0.15, -0.1) is 6.58 Å². The summed E-state index contributed by atoms with van der Waals surface area (Å²) in [5, 5.41) is 6.25.